The highest BCUT2D eigenvalue weighted by Gasteiger charge is 2.05. The molecule has 0 fully saturated rings. The van der Waals surface area contributed by atoms with Crippen LogP contribution in [0.15, 0.2) is 16.6 Å². The van der Waals surface area contributed by atoms with Crippen LogP contribution in [-0.4, -0.2) is 5.11 Å². The van der Waals surface area contributed by atoms with Gasteiger partial charge >= 0.3 is 0 Å². The van der Waals surface area contributed by atoms with Crippen LogP contribution in [-0.2, 0) is 6.54 Å². The Morgan fingerprint density at radius 2 is 2.18 bits per heavy atom. The number of phenolic OH excluding ortho intramolecular Hbond substituents is 1. The van der Waals surface area contributed by atoms with E-state index in [2.05, 4.69) is 15.9 Å². The van der Waals surface area contributed by atoms with Crippen LogP contribution in [0.2, 0.25) is 0 Å². The number of nitrogens with two attached hydrogens (primary N) is 1. The summed E-state index contributed by atoms with van der Waals surface area (Å²) in [5.41, 5.74) is 5.64. The highest BCUT2D eigenvalue weighted by atomic mass is 79.9. The molecule has 0 spiro atoms. The van der Waals surface area contributed by atoms with Crippen molar-refractivity contribution < 1.29 is 9.50 Å². The van der Waals surface area contributed by atoms with Crippen LogP contribution >= 0.6 is 15.9 Å². The van der Waals surface area contributed by atoms with Crippen LogP contribution in [0.3, 0.4) is 0 Å². The maximum Gasteiger partial charge on any atom is 0.134 e. The minimum Gasteiger partial charge on any atom is -0.506 e. The number of aromatic hydroxyl groups is 1. The summed E-state index contributed by atoms with van der Waals surface area (Å²) in [6.07, 6.45) is 0. The van der Waals surface area contributed by atoms with Crippen LogP contribution in [0.1, 0.15) is 5.56 Å². The van der Waals surface area contributed by atoms with Gasteiger partial charge in [-0.05, 0) is 28.1 Å². The van der Waals surface area contributed by atoms with E-state index in [9.17, 15) is 9.50 Å². The van der Waals surface area contributed by atoms with Gasteiger partial charge in [-0.3, -0.25) is 0 Å². The molecule has 0 aliphatic rings. The predicted molar refractivity (Wildman–Crippen MR) is 43.7 cm³/mol. The molecule has 0 saturated carbocycles. The summed E-state index contributed by atoms with van der Waals surface area (Å²) >= 11 is 2.99. The number of rotatable bonds is 1. The van der Waals surface area contributed by atoms with Gasteiger partial charge in [-0.25, -0.2) is 4.39 Å². The maximum absolute atomic E-state index is 12.6. The number of hydrogen-bond donors (Lipinski definition) is 2. The molecule has 0 atom stereocenters. The van der Waals surface area contributed by atoms with Crippen molar-refractivity contribution in [3.8, 4) is 5.75 Å². The van der Waals surface area contributed by atoms with Crippen molar-refractivity contribution in [3.63, 3.8) is 0 Å². The zero-order valence-corrected chi connectivity index (χ0v) is 7.23. The average Bonchev–Trinajstić information content (AvgIpc) is 1.96. The fourth-order valence-electron chi connectivity index (χ4n) is 0.775. The maximum atomic E-state index is 12.6. The highest BCUT2D eigenvalue weighted by Crippen LogP contribution is 2.28. The molecule has 0 saturated heterocycles. The normalized spacial score (nSPS) is 10.1. The van der Waals surface area contributed by atoms with E-state index in [1.165, 1.54) is 12.1 Å². The Kier molecular flexibility index (Phi) is 2.46. The van der Waals surface area contributed by atoms with Crippen molar-refractivity contribution in [2.24, 2.45) is 5.73 Å². The highest BCUT2D eigenvalue weighted by molar-refractivity contribution is 9.10. The standard InChI is InChI=1S/C7H7BrFNO/c8-6-2-5(9)1-4(3-10)7(6)11/h1-2,11H,3,10H2. The van der Waals surface area contributed by atoms with Crippen molar-refractivity contribution >= 4 is 15.9 Å². The summed E-state index contributed by atoms with van der Waals surface area (Å²) in [7, 11) is 0. The summed E-state index contributed by atoms with van der Waals surface area (Å²) in [6, 6.07) is 2.40. The van der Waals surface area contributed by atoms with E-state index < -0.39 is 5.82 Å². The minimum absolute atomic E-state index is 0.00824. The van der Waals surface area contributed by atoms with Gasteiger partial charge in [0.15, 0.2) is 0 Å². The van der Waals surface area contributed by atoms with Crippen molar-refractivity contribution in [1.29, 1.82) is 0 Å². The first kappa shape index (κ1) is 8.49. The van der Waals surface area contributed by atoms with Crippen molar-refractivity contribution in [2.45, 2.75) is 6.54 Å². The fraction of sp³-hybridized carbons (Fsp3) is 0.143. The molecule has 0 aliphatic heterocycles. The minimum atomic E-state index is -0.407. The van der Waals surface area contributed by atoms with Crippen molar-refractivity contribution in [3.05, 3.63) is 28.0 Å². The first-order valence-corrected chi connectivity index (χ1v) is 3.81. The summed E-state index contributed by atoms with van der Waals surface area (Å²) in [4.78, 5) is 0. The third kappa shape index (κ3) is 1.70. The van der Waals surface area contributed by atoms with Gasteiger partial charge in [0.25, 0.3) is 0 Å². The molecule has 11 heavy (non-hydrogen) atoms. The topological polar surface area (TPSA) is 46.2 Å². The van der Waals surface area contributed by atoms with Gasteiger partial charge in [0.1, 0.15) is 11.6 Å². The van der Waals surface area contributed by atoms with E-state index in [0.717, 1.165) is 0 Å². The first-order chi connectivity index (χ1) is 5.15. The van der Waals surface area contributed by atoms with Gasteiger partial charge in [0.05, 0.1) is 4.47 Å². The first-order valence-electron chi connectivity index (χ1n) is 3.02. The molecular formula is C7H7BrFNO. The number of phenols is 1. The fourth-order valence-corrected chi connectivity index (χ4v) is 1.25. The predicted octanol–water partition coefficient (Wildman–Crippen LogP) is 1.75. The largest absolute Gasteiger partial charge is 0.506 e. The van der Waals surface area contributed by atoms with Crippen LogP contribution in [0.25, 0.3) is 0 Å². The number of hydrogen-bond acceptors (Lipinski definition) is 2. The summed E-state index contributed by atoms with van der Waals surface area (Å²) < 4.78 is 12.9. The molecule has 0 heterocycles. The lowest BCUT2D eigenvalue weighted by atomic mass is 10.2. The molecule has 0 radical (unpaired) electrons. The molecule has 0 unspecified atom stereocenters. The second kappa shape index (κ2) is 3.19. The molecule has 1 rings (SSSR count). The Labute approximate surface area is 72.0 Å². The van der Waals surface area contributed by atoms with E-state index in [1.807, 2.05) is 0 Å². The molecule has 0 aromatic heterocycles. The van der Waals surface area contributed by atoms with E-state index in [1.54, 1.807) is 0 Å². The van der Waals surface area contributed by atoms with Gasteiger partial charge < -0.3 is 10.8 Å². The van der Waals surface area contributed by atoms with Crippen LogP contribution < -0.4 is 5.73 Å². The second-order valence-electron chi connectivity index (χ2n) is 2.10. The Bertz CT molecular complexity index is 277. The molecule has 60 valence electrons. The van der Waals surface area contributed by atoms with Crippen LogP contribution in [0.5, 0.6) is 5.75 Å². The second-order valence-corrected chi connectivity index (χ2v) is 2.95. The van der Waals surface area contributed by atoms with Crippen LogP contribution in [0, 0.1) is 5.82 Å². The molecule has 0 amide bonds. The molecule has 0 aliphatic carbocycles. The molecule has 0 bridgehead atoms. The monoisotopic (exact) mass is 219 g/mol. The van der Waals surface area contributed by atoms with Crippen molar-refractivity contribution in [1.82, 2.24) is 0 Å². The molecule has 2 nitrogen and oxygen atoms in total. The average molecular weight is 220 g/mol. The van der Waals surface area contributed by atoms with Gasteiger partial charge in [-0.15, -0.1) is 0 Å². The Hall–Kier alpha value is -0.610. The van der Waals surface area contributed by atoms with E-state index in [4.69, 9.17) is 5.73 Å². The third-order valence-corrected chi connectivity index (χ3v) is 1.93. The smallest absolute Gasteiger partial charge is 0.134 e. The molecule has 1 aromatic rings. The lowest BCUT2D eigenvalue weighted by Gasteiger charge is -2.02. The number of benzene rings is 1. The Morgan fingerprint density at radius 1 is 1.55 bits per heavy atom. The van der Waals surface area contributed by atoms with E-state index >= 15 is 0 Å². The summed E-state index contributed by atoms with van der Waals surface area (Å²) in [6.45, 7) is 0.127. The lowest BCUT2D eigenvalue weighted by Crippen LogP contribution is -1.97. The molecular weight excluding hydrogens is 213 g/mol. The van der Waals surface area contributed by atoms with Gasteiger partial charge in [-0.2, -0.15) is 0 Å². The Balaban J connectivity index is 3.24. The van der Waals surface area contributed by atoms with Gasteiger partial charge in [0.2, 0.25) is 0 Å². The molecule has 3 N–H and O–H groups in total. The van der Waals surface area contributed by atoms with Gasteiger partial charge in [0, 0.05) is 12.1 Å². The SMILES string of the molecule is NCc1cc(F)cc(Br)c1O. The molecule has 4 heteroatoms. The van der Waals surface area contributed by atoms with Crippen LogP contribution in [0.4, 0.5) is 4.39 Å². The van der Waals surface area contributed by atoms with Crippen molar-refractivity contribution in [2.75, 3.05) is 0 Å². The zero-order valence-electron chi connectivity index (χ0n) is 5.64. The quantitative estimate of drug-likeness (QED) is 0.757. The lowest BCUT2D eigenvalue weighted by molar-refractivity contribution is 0.462. The van der Waals surface area contributed by atoms with Gasteiger partial charge in [-0.1, -0.05) is 0 Å². The van der Waals surface area contributed by atoms with E-state index in [0.29, 0.717) is 10.0 Å². The summed E-state index contributed by atoms with van der Waals surface area (Å²) in [5.74, 6) is -0.399. The number of halogens is 2. The Morgan fingerprint density at radius 3 is 2.73 bits per heavy atom. The zero-order chi connectivity index (χ0) is 8.43. The van der Waals surface area contributed by atoms with E-state index in [-0.39, 0.29) is 12.3 Å². The molecule has 1 aromatic carbocycles. The summed E-state index contributed by atoms with van der Waals surface area (Å²) in [5, 5.41) is 9.23. The third-order valence-electron chi connectivity index (χ3n) is 1.33.